The van der Waals surface area contributed by atoms with Gasteiger partial charge < -0.3 is 0 Å². The normalized spacial score (nSPS) is 23.2. The molecule has 150 valence electrons. The van der Waals surface area contributed by atoms with E-state index in [4.69, 9.17) is 4.84 Å². The predicted octanol–water partition coefficient (Wildman–Crippen LogP) is 4.64. The Balaban J connectivity index is 1.58. The summed E-state index contributed by atoms with van der Waals surface area (Å²) in [5.74, 6) is -1.96. The van der Waals surface area contributed by atoms with E-state index in [9.17, 15) is 14.0 Å². The van der Waals surface area contributed by atoms with Crippen LogP contribution >= 0.6 is 15.9 Å². The standard InChI is InChI=1S/C23H16BrFN2O3/c24-15-8-6-14(7-9-15)20-19-21(30-27(20)18-4-2-1-3-5-18)23(29)26(22(19)28)17-12-10-16(25)11-13-17/h1-13,19-21H/t19-,20+,21+/m0/s1. The van der Waals surface area contributed by atoms with Gasteiger partial charge in [0.1, 0.15) is 11.7 Å². The van der Waals surface area contributed by atoms with Crippen LogP contribution in [-0.2, 0) is 14.4 Å². The summed E-state index contributed by atoms with van der Waals surface area (Å²) in [6.07, 6.45) is -0.948. The minimum Gasteiger partial charge on any atom is -0.273 e. The summed E-state index contributed by atoms with van der Waals surface area (Å²) in [6.45, 7) is 0. The molecule has 5 rings (SSSR count). The van der Waals surface area contributed by atoms with Crippen molar-refractivity contribution in [2.24, 2.45) is 5.92 Å². The van der Waals surface area contributed by atoms with Crippen LogP contribution in [0.2, 0.25) is 0 Å². The molecule has 2 fully saturated rings. The van der Waals surface area contributed by atoms with Crippen molar-refractivity contribution in [1.29, 1.82) is 0 Å². The Kier molecular flexibility index (Phi) is 4.64. The second kappa shape index (κ2) is 7.34. The molecule has 0 spiro atoms. The molecule has 0 N–H and O–H groups in total. The summed E-state index contributed by atoms with van der Waals surface area (Å²) >= 11 is 3.43. The molecule has 3 aromatic carbocycles. The fraction of sp³-hybridized carbons (Fsp3) is 0.130. The Morgan fingerprint density at radius 2 is 1.47 bits per heavy atom. The fourth-order valence-electron chi connectivity index (χ4n) is 4.06. The quantitative estimate of drug-likeness (QED) is 0.527. The van der Waals surface area contributed by atoms with Crippen LogP contribution in [-0.4, -0.2) is 17.9 Å². The van der Waals surface area contributed by atoms with Gasteiger partial charge in [-0.2, -0.15) is 0 Å². The smallest absolute Gasteiger partial charge is 0.266 e. The lowest BCUT2D eigenvalue weighted by atomic mass is 9.90. The molecule has 0 radical (unpaired) electrons. The number of hydrogen-bond acceptors (Lipinski definition) is 4. The van der Waals surface area contributed by atoms with E-state index in [1.54, 1.807) is 5.06 Å². The molecule has 7 heteroatoms. The number of imide groups is 1. The van der Waals surface area contributed by atoms with Crippen molar-refractivity contribution < 1.29 is 18.8 Å². The molecule has 2 saturated heterocycles. The molecule has 3 atom stereocenters. The van der Waals surface area contributed by atoms with Gasteiger partial charge in [0.2, 0.25) is 5.91 Å². The van der Waals surface area contributed by atoms with Crippen LogP contribution in [0.15, 0.2) is 83.3 Å². The van der Waals surface area contributed by atoms with Gasteiger partial charge >= 0.3 is 0 Å². The first-order valence-electron chi connectivity index (χ1n) is 9.44. The highest BCUT2D eigenvalue weighted by Gasteiger charge is 2.60. The Morgan fingerprint density at radius 1 is 0.800 bits per heavy atom. The molecule has 2 aliphatic heterocycles. The van der Waals surface area contributed by atoms with Crippen LogP contribution in [0, 0.1) is 11.7 Å². The van der Waals surface area contributed by atoms with Crippen molar-refractivity contribution in [2.45, 2.75) is 12.1 Å². The first-order valence-corrected chi connectivity index (χ1v) is 10.2. The van der Waals surface area contributed by atoms with Gasteiger partial charge in [0.15, 0.2) is 6.10 Å². The molecule has 0 bridgehead atoms. The first-order chi connectivity index (χ1) is 14.5. The van der Waals surface area contributed by atoms with E-state index < -0.39 is 29.8 Å². The fourth-order valence-corrected chi connectivity index (χ4v) is 4.32. The largest absolute Gasteiger partial charge is 0.273 e. The van der Waals surface area contributed by atoms with Gasteiger partial charge in [-0.3, -0.25) is 14.4 Å². The second-order valence-corrected chi connectivity index (χ2v) is 8.11. The van der Waals surface area contributed by atoms with Crippen molar-refractivity contribution in [1.82, 2.24) is 0 Å². The van der Waals surface area contributed by atoms with Crippen LogP contribution < -0.4 is 9.96 Å². The average Bonchev–Trinajstić information content (AvgIpc) is 3.27. The number of nitrogens with zero attached hydrogens (tertiary/aromatic N) is 2. The molecule has 2 amide bonds. The summed E-state index contributed by atoms with van der Waals surface area (Å²) in [5.41, 5.74) is 1.95. The third-order valence-electron chi connectivity index (χ3n) is 5.42. The molecule has 3 aromatic rings. The monoisotopic (exact) mass is 466 g/mol. The molecule has 0 saturated carbocycles. The lowest BCUT2D eigenvalue weighted by Gasteiger charge is -2.28. The van der Waals surface area contributed by atoms with Crippen molar-refractivity contribution in [3.8, 4) is 0 Å². The highest BCUT2D eigenvalue weighted by molar-refractivity contribution is 9.10. The first kappa shape index (κ1) is 19.0. The lowest BCUT2D eigenvalue weighted by molar-refractivity contribution is -0.126. The number of benzene rings is 3. The van der Waals surface area contributed by atoms with Crippen LogP contribution in [0.1, 0.15) is 11.6 Å². The minimum absolute atomic E-state index is 0.338. The van der Waals surface area contributed by atoms with Gasteiger partial charge in [-0.1, -0.05) is 46.3 Å². The van der Waals surface area contributed by atoms with E-state index in [0.717, 1.165) is 20.6 Å². The Bertz CT molecular complexity index is 1110. The van der Waals surface area contributed by atoms with Gasteiger partial charge in [0.05, 0.1) is 17.4 Å². The summed E-state index contributed by atoms with van der Waals surface area (Å²) < 4.78 is 14.2. The number of hydroxylamine groups is 1. The molecule has 2 aliphatic rings. The predicted molar refractivity (Wildman–Crippen MR) is 113 cm³/mol. The number of hydrogen-bond donors (Lipinski definition) is 0. The van der Waals surface area contributed by atoms with E-state index >= 15 is 0 Å². The summed E-state index contributed by atoms with van der Waals surface area (Å²) in [5, 5.41) is 1.65. The molecule has 0 unspecified atom stereocenters. The van der Waals surface area contributed by atoms with Crippen LogP contribution in [0.3, 0.4) is 0 Å². The zero-order valence-corrected chi connectivity index (χ0v) is 17.2. The van der Waals surface area contributed by atoms with Gasteiger partial charge in [0.25, 0.3) is 5.91 Å². The summed E-state index contributed by atoms with van der Waals surface area (Å²) in [4.78, 5) is 33.7. The Morgan fingerprint density at radius 3 is 2.13 bits per heavy atom. The molecule has 2 heterocycles. The number of carbonyl (C=O) groups excluding carboxylic acids is 2. The van der Waals surface area contributed by atoms with Crippen LogP contribution in [0.5, 0.6) is 0 Å². The molecule has 30 heavy (non-hydrogen) atoms. The number of rotatable bonds is 3. The maximum Gasteiger partial charge on any atom is 0.266 e. The average molecular weight is 467 g/mol. The second-order valence-electron chi connectivity index (χ2n) is 7.20. The van der Waals surface area contributed by atoms with Crippen molar-refractivity contribution >= 4 is 39.1 Å². The van der Waals surface area contributed by atoms with Gasteiger partial charge in [-0.25, -0.2) is 14.4 Å². The van der Waals surface area contributed by atoms with Gasteiger partial charge in [-0.15, -0.1) is 0 Å². The molecular weight excluding hydrogens is 451 g/mol. The Hall–Kier alpha value is -3.03. The van der Waals surface area contributed by atoms with Gasteiger partial charge in [-0.05, 0) is 54.1 Å². The Labute approximate surface area is 180 Å². The third-order valence-corrected chi connectivity index (χ3v) is 5.95. The van der Waals surface area contributed by atoms with Crippen molar-refractivity contribution in [3.63, 3.8) is 0 Å². The molecule has 0 aliphatic carbocycles. The number of halogens is 2. The highest BCUT2D eigenvalue weighted by Crippen LogP contribution is 2.47. The number of fused-ring (bicyclic) bond motifs is 1. The van der Waals surface area contributed by atoms with E-state index in [1.165, 1.54) is 24.3 Å². The zero-order valence-electron chi connectivity index (χ0n) is 15.6. The maximum atomic E-state index is 13.4. The molecule has 0 aromatic heterocycles. The van der Waals surface area contributed by atoms with Crippen molar-refractivity contribution in [3.05, 3.63) is 94.7 Å². The maximum absolute atomic E-state index is 13.4. The zero-order chi connectivity index (χ0) is 20.8. The summed E-state index contributed by atoms with van der Waals surface area (Å²) in [7, 11) is 0. The highest BCUT2D eigenvalue weighted by atomic mass is 79.9. The van der Waals surface area contributed by atoms with Crippen LogP contribution in [0.25, 0.3) is 0 Å². The van der Waals surface area contributed by atoms with E-state index in [-0.39, 0.29) is 5.91 Å². The minimum atomic E-state index is -0.948. The topological polar surface area (TPSA) is 49.9 Å². The summed E-state index contributed by atoms with van der Waals surface area (Å²) in [6, 6.07) is 21.8. The lowest BCUT2D eigenvalue weighted by Crippen LogP contribution is -2.37. The van der Waals surface area contributed by atoms with E-state index in [2.05, 4.69) is 15.9 Å². The van der Waals surface area contributed by atoms with Crippen molar-refractivity contribution in [2.75, 3.05) is 9.96 Å². The van der Waals surface area contributed by atoms with Gasteiger partial charge in [0, 0.05) is 4.47 Å². The number of amides is 2. The SMILES string of the molecule is O=C1[C@H]2[C@@H](c3ccc(Br)cc3)N(c3ccccc3)O[C@H]2C(=O)N1c1ccc(F)cc1. The number of para-hydroxylation sites is 1. The van der Waals surface area contributed by atoms with E-state index in [0.29, 0.717) is 5.69 Å². The number of anilines is 2. The molecule has 5 nitrogen and oxygen atoms in total. The third kappa shape index (κ3) is 3.02. The van der Waals surface area contributed by atoms with E-state index in [1.807, 2.05) is 54.6 Å². The number of carbonyl (C=O) groups is 2. The van der Waals surface area contributed by atoms with Crippen LogP contribution in [0.4, 0.5) is 15.8 Å². The molecular formula is C23H16BrFN2O3.